The van der Waals surface area contributed by atoms with E-state index in [2.05, 4.69) is 0 Å². The number of hydrogen-bond acceptors (Lipinski definition) is 5. The second-order valence-electron chi connectivity index (χ2n) is 7.84. The van der Waals surface area contributed by atoms with Crippen LogP contribution in [0.25, 0.3) is 6.08 Å². The summed E-state index contributed by atoms with van der Waals surface area (Å²) in [6.45, 7) is 2.48. The average molecular weight is 407 g/mol. The molecule has 5 rings (SSSR count). The molecule has 0 aliphatic carbocycles. The topological polar surface area (TPSA) is 57.7 Å². The van der Waals surface area contributed by atoms with Crippen molar-refractivity contribution in [2.45, 2.75) is 31.8 Å². The number of anilines is 1. The summed E-state index contributed by atoms with van der Waals surface area (Å²) in [4.78, 5) is 44.2. The molecule has 3 aliphatic rings. The summed E-state index contributed by atoms with van der Waals surface area (Å²) in [6, 6.07) is 10.6. The van der Waals surface area contributed by atoms with Gasteiger partial charge in [-0.05, 0) is 29.5 Å². The predicted molar refractivity (Wildman–Crippen MR) is 113 cm³/mol. The van der Waals surface area contributed by atoms with Crippen LogP contribution in [0.1, 0.15) is 35.0 Å². The van der Waals surface area contributed by atoms with E-state index in [4.69, 9.17) is 0 Å². The van der Waals surface area contributed by atoms with E-state index in [-0.39, 0.29) is 23.6 Å². The van der Waals surface area contributed by atoms with Crippen molar-refractivity contribution < 1.29 is 14.4 Å². The minimum absolute atomic E-state index is 0.0684. The number of unbranched alkanes of at least 4 members (excludes halogenated alkanes) is 1. The Bertz CT molecular complexity index is 1010. The molecular formula is C23H22N2O3S. The van der Waals surface area contributed by atoms with Crippen molar-refractivity contribution >= 4 is 40.7 Å². The standard InChI is InChI=1S/C23H22N2O3S/c1-2-3-12-24-22(27)18-16-11-10-14-7-4-5-8-15(14)25(16)20(19(18)23(24)28)21(26)17-9-6-13-29-17/h4-11,13,16,18-20H,2-3,12H2,1H3/t16-,18-,19+,20-/m1/s1. The first-order valence-corrected chi connectivity index (χ1v) is 11.0. The number of amides is 2. The highest BCUT2D eigenvalue weighted by Crippen LogP contribution is 2.49. The molecule has 0 N–H and O–H groups in total. The van der Waals surface area contributed by atoms with Crippen LogP contribution in [-0.4, -0.2) is 41.1 Å². The molecule has 0 radical (unpaired) electrons. The fraction of sp³-hybridized carbons (Fsp3) is 0.348. The summed E-state index contributed by atoms with van der Waals surface area (Å²) in [5, 5.41) is 1.87. The molecule has 3 aliphatic heterocycles. The van der Waals surface area contributed by atoms with Crippen molar-refractivity contribution in [1.82, 2.24) is 4.90 Å². The van der Waals surface area contributed by atoms with Gasteiger partial charge in [0.2, 0.25) is 11.8 Å². The summed E-state index contributed by atoms with van der Waals surface area (Å²) in [5.74, 6) is -1.52. The predicted octanol–water partition coefficient (Wildman–Crippen LogP) is 3.62. The number of Topliss-reactive ketones (excluding diaryl/α,β-unsaturated/α-hetero) is 1. The number of hydrogen-bond donors (Lipinski definition) is 0. The molecule has 6 heteroatoms. The molecule has 1 aromatic carbocycles. The first-order chi connectivity index (χ1) is 14.1. The molecule has 2 fully saturated rings. The Labute approximate surface area is 173 Å². The molecule has 0 bridgehead atoms. The number of likely N-dealkylation sites (tertiary alicyclic amines) is 1. The van der Waals surface area contributed by atoms with E-state index in [0.29, 0.717) is 11.4 Å². The summed E-state index contributed by atoms with van der Waals surface area (Å²) in [5.41, 5.74) is 1.93. The average Bonchev–Trinajstić information content (AvgIpc) is 3.44. The van der Waals surface area contributed by atoms with E-state index in [1.54, 1.807) is 6.07 Å². The van der Waals surface area contributed by atoms with Crippen LogP contribution in [0.4, 0.5) is 5.69 Å². The highest BCUT2D eigenvalue weighted by molar-refractivity contribution is 7.12. The van der Waals surface area contributed by atoms with Crippen LogP contribution in [0.5, 0.6) is 0 Å². The number of rotatable bonds is 5. The zero-order valence-corrected chi connectivity index (χ0v) is 17.0. The third-order valence-corrected chi connectivity index (χ3v) is 7.16. The van der Waals surface area contributed by atoms with Crippen molar-refractivity contribution in [3.63, 3.8) is 0 Å². The summed E-state index contributed by atoms with van der Waals surface area (Å²) >= 11 is 1.39. The highest BCUT2D eigenvalue weighted by Gasteiger charge is 2.63. The monoisotopic (exact) mass is 406 g/mol. The van der Waals surface area contributed by atoms with Gasteiger partial charge in [-0.2, -0.15) is 0 Å². The van der Waals surface area contributed by atoms with Crippen LogP contribution in [0.3, 0.4) is 0 Å². The third-order valence-electron chi connectivity index (χ3n) is 6.27. The fourth-order valence-corrected chi connectivity index (χ4v) is 5.67. The van der Waals surface area contributed by atoms with Crippen molar-refractivity contribution in [2.24, 2.45) is 11.8 Å². The molecule has 0 spiro atoms. The van der Waals surface area contributed by atoms with E-state index in [1.807, 2.05) is 59.7 Å². The minimum Gasteiger partial charge on any atom is -0.352 e. The van der Waals surface area contributed by atoms with Gasteiger partial charge in [0.15, 0.2) is 5.78 Å². The second kappa shape index (κ2) is 6.95. The summed E-state index contributed by atoms with van der Waals surface area (Å²) < 4.78 is 0. The first kappa shape index (κ1) is 18.3. The van der Waals surface area contributed by atoms with Gasteiger partial charge in [0.05, 0.1) is 22.8 Å². The lowest BCUT2D eigenvalue weighted by Gasteiger charge is -2.36. The quantitative estimate of drug-likeness (QED) is 0.562. The van der Waals surface area contributed by atoms with E-state index >= 15 is 0 Å². The van der Waals surface area contributed by atoms with Gasteiger partial charge in [0, 0.05) is 12.2 Å². The number of carbonyl (C=O) groups is 3. The van der Waals surface area contributed by atoms with Crippen molar-refractivity contribution in [3.05, 3.63) is 58.3 Å². The van der Waals surface area contributed by atoms with E-state index in [1.165, 1.54) is 16.2 Å². The Hall–Kier alpha value is -2.73. The van der Waals surface area contributed by atoms with Gasteiger partial charge in [-0.3, -0.25) is 19.3 Å². The van der Waals surface area contributed by atoms with Gasteiger partial charge in [0.1, 0.15) is 6.04 Å². The van der Waals surface area contributed by atoms with Gasteiger partial charge in [-0.15, -0.1) is 11.3 Å². The Kier molecular flexibility index (Phi) is 4.39. The normalized spacial score (nSPS) is 27.2. The molecule has 0 saturated carbocycles. The minimum atomic E-state index is -0.655. The number of nitrogens with zero attached hydrogens (tertiary/aromatic N) is 2. The Morgan fingerprint density at radius 2 is 1.86 bits per heavy atom. The molecule has 0 unspecified atom stereocenters. The lowest BCUT2D eigenvalue weighted by Crippen LogP contribution is -2.48. The van der Waals surface area contributed by atoms with Crippen LogP contribution in [-0.2, 0) is 9.59 Å². The van der Waals surface area contributed by atoms with Crippen molar-refractivity contribution in [2.75, 3.05) is 11.4 Å². The zero-order chi connectivity index (χ0) is 20.1. The molecule has 5 nitrogen and oxygen atoms in total. The molecule has 2 aromatic rings. The second-order valence-corrected chi connectivity index (χ2v) is 8.78. The van der Waals surface area contributed by atoms with Gasteiger partial charge < -0.3 is 4.90 Å². The number of fused-ring (bicyclic) bond motifs is 5. The van der Waals surface area contributed by atoms with Gasteiger partial charge in [-0.25, -0.2) is 0 Å². The van der Waals surface area contributed by atoms with Gasteiger partial charge in [-0.1, -0.05) is 49.8 Å². The molecule has 2 amide bonds. The van der Waals surface area contributed by atoms with E-state index in [9.17, 15) is 14.4 Å². The maximum absolute atomic E-state index is 13.6. The Balaban J connectivity index is 1.62. The molecule has 148 valence electrons. The fourth-order valence-electron chi connectivity index (χ4n) is 4.98. The van der Waals surface area contributed by atoms with Crippen molar-refractivity contribution in [3.8, 4) is 0 Å². The summed E-state index contributed by atoms with van der Waals surface area (Å²) in [7, 11) is 0. The van der Waals surface area contributed by atoms with E-state index in [0.717, 1.165) is 24.1 Å². The zero-order valence-electron chi connectivity index (χ0n) is 16.2. The number of para-hydroxylation sites is 1. The number of imide groups is 1. The van der Waals surface area contributed by atoms with Gasteiger partial charge >= 0.3 is 0 Å². The molecule has 1 aromatic heterocycles. The van der Waals surface area contributed by atoms with Crippen LogP contribution in [0.15, 0.2) is 47.9 Å². The number of benzene rings is 1. The van der Waals surface area contributed by atoms with Crippen LogP contribution < -0.4 is 4.90 Å². The highest BCUT2D eigenvalue weighted by atomic mass is 32.1. The van der Waals surface area contributed by atoms with Crippen LogP contribution in [0.2, 0.25) is 0 Å². The molecule has 4 heterocycles. The van der Waals surface area contributed by atoms with Crippen molar-refractivity contribution in [1.29, 1.82) is 0 Å². The lowest BCUT2D eigenvalue weighted by molar-refractivity contribution is -0.140. The SMILES string of the molecule is CCCCN1C(=O)[C@H]2[C@H](C1=O)[C@H](C(=O)c1cccs1)N1c3ccccc3C=C[C@H]21. The molecule has 4 atom stereocenters. The summed E-state index contributed by atoms with van der Waals surface area (Å²) in [6.07, 6.45) is 5.70. The smallest absolute Gasteiger partial charge is 0.235 e. The van der Waals surface area contributed by atoms with E-state index < -0.39 is 17.9 Å². The molecule has 2 saturated heterocycles. The largest absolute Gasteiger partial charge is 0.352 e. The third kappa shape index (κ3) is 2.62. The van der Waals surface area contributed by atoms with Gasteiger partial charge in [0.25, 0.3) is 0 Å². The number of thiophene rings is 1. The lowest BCUT2D eigenvalue weighted by atomic mass is 9.87. The first-order valence-electron chi connectivity index (χ1n) is 10.1. The molecule has 29 heavy (non-hydrogen) atoms. The molecular weight excluding hydrogens is 384 g/mol. The maximum Gasteiger partial charge on any atom is 0.235 e. The Morgan fingerprint density at radius 1 is 1.07 bits per heavy atom. The van der Waals surface area contributed by atoms with Crippen LogP contribution >= 0.6 is 11.3 Å². The number of ketones is 1. The number of carbonyl (C=O) groups excluding carboxylic acids is 3. The van der Waals surface area contributed by atoms with Crippen LogP contribution in [0, 0.1) is 11.8 Å². The Morgan fingerprint density at radius 3 is 2.62 bits per heavy atom. The maximum atomic E-state index is 13.6.